The van der Waals surface area contributed by atoms with Crippen LogP contribution >= 0.6 is 23.1 Å². The van der Waals surface area contributed by atoms with Gasteiger partial charge in [-0.1, -0.05) is 29.5 Å². The summed E-state index contributed by atoms with van der Waals surface area (Å²) in [5.74, 6) is 1.50. The van der Waals surface area contributed by atoms with Gasteiger partial charge >= 0.3 is 0 Å². The van der Waals surface area contributed by atoms with Gasteiger partial charge in [-0.25, -0.2) is 4.98 Å². The third-order valence-electron chi connectivity index (χ3n) is 3.84. The first kappa shape index (κ1) is 17.9. The molecule has 0 saturated heterocycles. The van der Waals surface area contributed by atoms with Crippen LogP contribution < -0.4 is 0 Å². The smallest absolute Gasteiger partial charge is 0.277 e. The van der Waals surface area contributed by atoms with E-state index >= 15 is 0 Å². The highest BCUT2D eigenvalue weighted by atomic mass is 32.2. The van der Waals surface area contributed by atoms with E-state index < -0.39 is 0 Å². The van der Waals surface area contributed by atoms with Crippen molar-refractivity contribution in [2.45, 2.75) is 38.2 Å². The summed E-state index contributed by atoms with van der Waals surface area (Å²) in [4.78, 5) is 5.30. The zero-order valence-corrected chi connectivity index (χ0v) is 16.9. The number of hydrogen-bond acceptors (Lipinski definition) is 9. The molecule has 0 aliphatic rings. The van der Waals surface area contributed by atoms with Crippen LogP contribution in [0.1, 0.15) is 34.3 Å². The van der Waals surface area contributed by atoms with Crippen LogP contribution in [0.3, 0.4) is 0 Å². The number of rotatable bonds is 5. The van der Waals surface area contributed by atoms with Gasteiger partial charge in [0.2, 0.25) is 11.8 Å². The van der Waals surface area contributed by atoms with Gasteiger partial charge in [0.25, 0.3) is 11.1 Å². The summed E-state index contributed by atoms with van der Waals surface area (Å²) in [5.41, 5.74) is 2.94. The lowest BCUT2D eigenvalue weighted by molar-refractivity contribution is 0.462. The Morgan fingerprint density at radius 3 is 2.56 bits per heavy atom. The van der Waals surface area contributed by atoms with Gasteiger partial charge in [0.05, 0.1) is 16.0 Å². The van der Waals surface area contributed by atoms with Crippen molar-refractivity contribution in [1.82, 2.24) is 25.4 Å². The molecule has 0 unspecified atom stereocenters. The second kappa shape index (κ2) is 7.24. The van der Waals surface area contributed by atoms with Gasteiger partial charge in [-0.15, -0.1) is 31.7 Å². The van der Waals surface area contributed by atoms with Crippen LogP contribution in [0.4, 0.5) is 0 Å². The Bertz CT molecular complexity index is 1090. The lowest BCUT2D eigenvalue weighted by atomic mass is 10.1. The van der Waals surface area contributed by atoms with Gasteiger partial charge < -0.3 is 8.83 Å². The van der Waals surface area contributed by atoms with Crippen molar-refractivity contribution in [3.8, 4) is 22.2 Å². The van der Waals surface area contributed by atoms with E-state index in [-0.39, 0.29) is 5.25 Å². The van der Waals surface area contributed by atoms with E-state index in [0.717, 1.165) is 26.7 Å². The first-order chi connectivity index (χ1) is 13.0. The number of aryl methyl sites for hydroxylation is 3. The second-order valence-corrected chi connectivity index (χ2v) is 8.59. The summed E-state index contributed by atoms with van der Waals surface area (Å²) in [6.07, 6.45) is 0. The van der Waals surface area contributed by atoms with Gasteiger partial charge in [0.1, 0.15) is 4.88 Å². The molecule has 0 aliphatic carbocycles. The van der Waals surface area contributed by atoms with Crippen molar-refractivity contribution in [2.24, 2.45) is 0 Å². The molecule has 1 atom stereocenters. The fourth-order valence-electron chi connectivity index (χ4n) is 2.57. The van der Waals surface area contributed by atoms with Crippen molar-refractivity contribution >= 4 is 23.1 Å². The fraction of sp³-hybridized carbons (Fsp3) is 0.278. The van der Waals surface area contributed by atoms with E-state index in [1.54, 1.807) is 11.3 Å². The zero-order valence-electron chi connectivity index (χ0n) is 15.3. The van der Waals surface area contributed by atoms with E-state index in [0.29, 0.717) is 22.9 Å². The molecule has 0 radical (unpaired) electrons. The van der Waals surface area contributed by atoms with Crippen molar-refractivity contribution in [3.63, 3.8) is 0 Å². The highest BCUT2D eigenvalue weighted by Gasteiger charge is 2.21. The van der Waals surface area contributed by atoms with Crippen LogP contribution in [0.5, 0.6) is 0 Å². The normalized spacial score (nSPS) is 12.4. The topological polar surface area (TPSA) is 90.7 Å². The zero-order chi connectivity index (χ0) is 19.0. The van der Waals surface area contributed by atoms with Crippen molar-refractivity contribution in [1.29, 1.82) is 0 Å². The average Bonchev–Trinajstić information content (AvgIpc) is 3.35. The lowest BCUT2D eigenvalue weighted by Gasteiger charge is -2.01. The third-order valence-corrected chi connectivity index (χ3v) is 5.82. The first-order valence-corrected chi connectivity index (χ1v) is 10.0. The Morgan fingerprint density at radius 2 is 1.81 bits per heavy atom. The van der Waals surface area contributed by atoms with Crippen LogP contribution in [0.25, 0.3) is 22.2 Å². The van der Waals surface area contributed by atoms with Crippen LogP contribution in [-0.4, -0.2) is 25.4 Å². The Morgan fingerprint density at radius 1 is 1.00 bits per heavy atom. The van der Waals surface area contributed by atoms with Crippen molar-refractivity contribution < 1.29 is 8.83 Å². The van der Waals surface area contributed by atoms with E-state index in [4.69, 9.17) is 8.83 Å². The Balaban J connectivity index is 1.50. The molecule has 138 valence electrons. The Kier molecular flexibility index (Phi) is 4.79. The van der Waals surface area contributed by atoms with Crippen LogP contribution in [0.15, 0.2) is 38.3 Å². The molecule has 1 aromatic carbocycles. The molecule has 0 bridgehead atoms. The van der Waals surface area contributed by atoms with Gasteiger partial charge in [-0.05, 0) is 39.8 Å². The van der Waals surface area contributed by atoms with Crippen LogP contribution in [0.2, 0.25) is 0 Å². The summed E-state index contributed by atoms with van der Waals surface area (Å²) in [7, 11) is 0. The molecule has 4 aromatic rings. The minimum absolute atomic E-state index is 0.117. The van der Waals surface area contributed by atoms with Gasteiger partial charge in [-0.3, -0.25) is 0 Å². The maximum atomic E-state index is 5.83. The maximum absolute atomic E-state index is 5.83. The molecule has 9 heteroatoms. The first-order valence-electron chi connectivity index (χ1n) is 8.34. The summed E-state index contributed by atoms with van der Waals surface area (Å²) in [6.45, 7) is 7.88. The van der Waals surface area contributed by atoms with E-state index in [1.165, 1.54) is 11.8 Å². The number of thiazole rings is 1. The van der Waals surface area contributed by atoms with Crippen molar-refractivity contribution in [2.75, 3.05) is 0 Å². The molecule has 0 aliphatic heterocycles. The summed E-state index contributed by atoms with van der Waals surface area (Å²) >= 11 is 2.92. The standard InChI is InChI=1S/C18H17N5O2S2/c1-9-6-5-7-13(8-9)16-21-20-15(24-16)11(3)26-18-23-22-17(25-18)14-10(2)19-12(4)27-14/h5-8,11H,1-4H3/t11-/m0/s1. The monoisotopic (exact) mass is 399 g/mol. The Labute approximate surface area is 164 Å². The van der Waals surface area contributed by atoms with E-state index in [1.807, 2.05) is 52.0 Å². The van der Waals surface area contributed by atoms with Gasteiger partial charge in [0.15, 0.2) is 0 Å². The van der Waals surface area contributed by atoms with Gasteiger partial charge in [-0.2, -0.15) is 0 Å². The second-order valence-electron chi connectivity index (χ2n) is 6.10. The minimum atomic E-state index is -0.117. The highest BCUT2D eigenvalue weighted by Crippen LogP contribution is 2.37. The predicted octanol–water partition coefficient (Wildman–Crippen LogP) is 5.02. The molecule has 0 saturated carbocycles. The number of aromatic nitrogens is 5. The molecule has 0 fully saturated rings. The molecule has 7 nitrogen and oxygen atoms in total. The quantitative estimate of drug-likeness (QED) is 0.432. The molecular weight excluding hydrogens is 382 g/mol. The molecule has 0 N–H and O–H groups in total. The summed E-state index contributed by atoms with van der Waals surface area (Å²) in [6, 6.07) is 7.96. The predicted molar refractivity (Wildman–Crippen MR) is 104 cm³/mol. The third kappa shape index (κ3) is 3.79. The molecule has 3 aromatic heterocycles. The fourth-order valence-corrected chi connectivity index (χ4v) is 4.13. The van der Waals surface area contributed by atoms with Crippen LogP contribution in [-0.2, 0) is 0 Å². The minimum Gasteiger partial charge on any atom is -0.419 e. The van der Waals surface area contributed by atoms with Crippen LogP contribution in [0, 0.1) is 20.8 Å². The SMILES string of the molecule is Cc1cccc(-c2nnc([C@H](C)Sc3nnc(-c4sc(C)nc4C)o3)o2)c1. The Hall–Kier alpha value is -2.52. The number of benzene rings is 1. The number of hydrogen-bond donors (Lipinski definition) is 0. The molecule has 0 amide bonds. The highest BCUT2D eigenvalue weighted by molar-refractivity contribution is 7.99. The molecule has 3 heterocycles. The molecular formula is C18H17N5O2S2. The number of thioether (sulfide) groups is 1. The van der Waals surface area contributed by atoms with Gasteiger partial charge in [0, 0.05) is 5.56 Å². The summed E-state index contributed by atoms with van der Waals surface area (Å²) in [5, 5.41) is 17.9. The maximum Gasteiger partial charge on any atom is 0.277 e. The largest absolute Gasteiger partial charge is 0.419 e. The molecule has 0 spiro atoms. The number of nitrogens with zero attached hydrogens (tertiary/aromatic N) is 5. The van der Waals surface area contributed by atoms with E-state index in [2.05, 4.69) is 25.4 Å². The van der Waals surface area contributed by atoms with Crippen molar-refractivity contribution in [3.05, 3.63) is 46.4 Å². The average molecular weight is 400 g/mol. The summed E-state index contributed by atoms with van der Waals surface area (Å²) < 4.78 is 11.6. The van der Waals surface area contributed by atoms with E-state index in [9.17, 15) is 0 Å². The molecule has 4 rings (SSSR count). The lowest BCUT2D eigenvalue weighted by Crippen LogP contribution is -1.88. The molecule has 27 heavy (non-hydrogen) atoms.